The zero-order valence-electron chi connectivity index (χ0n) is 33.7. The Morgan fingerprint density at radius 2 is 1.52 bits per heavy atom. The van der Waals surface area contributed by atoms with Crippen LogP contribution in [0.3, 0.4) is 0 Å². The van der Waals surface area contributed by atoms with Gasteiger partial charge < -0.3 is 29.0 Å². The minimum Gasteiger partial charge on any atom is -0.481 e. The van der Waals surface area contributed by atoms with Gasteiger partial charge in [-0.25, -0.2) is 0 Å². The van der Waals surface area contributed by atoms with Gasteiger partial charge in [-0.1, -0.05) is 47.1 Å². The minimum atomic E-state index is -0.920. The summed E-state index contributed by atoms with van der Waals surface area (Å²) in [5.74, 6) is -1.52. The fraction of sp³-hybridized carbons (Fsp3) is 0.857. The highest BCUT2D eigenvalue weighted by Gasteiger charge is 2.70. The molecule has 10 heteroatoms. The van der Waals surface area contributed by atoms with Crippen molar-refractivity contribution in [2.45, 2.75) is 119 Å². The lowest BCUT2D eigenvalue weighted by Gasteiger charge is -2.70. The van der Waals surface area contributed by atoms with Crippen LogP contribution in [0, 0.1) is 56.2 Å². The predicted molar refractivity (Wildman–Crippen MR) is 197 cm³/mol. The zero-order chi connectivity index (χ0) is 38.5. The quantitative estimate of drug-likeness (QED) is 0.162. The summed E-state index contributed by atoms with van der Waals surface area (Å²) in [5.41, 5.74) is -0.796. The number of methoxy groups -OCH3 is 1. The van der Waals surface area contributed by atoms with Crippen molar-refractivity contribution in [2.75, 3.05) is 53.7 Å². The molecule has 0 saturated heterocycles. The molecule has 4 fully saturated rings. The number of allylic oxidation sites excluding steroid dienone is 2. The summed E-state index contributed by atoms with van der Waals surface area (Å²) in [6, 6.07) is 0. The van der Waals surface area contributed by atoms with Crippen molar-refractivity contribution in [1.82, 2.24) is 4.90 Å². The molecule has 10 nitrogen and oxygen atoms in total. The van der Waals surface area contributed by atoms with E-state index in [0.29, 0.717) is 58.8 Å². The lowest BCUT2D eigenvalue weighted by atomic mass is 9.33. The molecular weight excluding hydrogens is 662 g/mol. The molecule has 1 amide bonds. The average molecular weight is 730 g/mol. The number of likely N-dealkylation sites (N-methyl/N-ethyl adjacent to an activating group) is 1. The van der Waals surface area contributed by atoms with E-state index in [1.165, 1.54) is 10.5 Å². The lowest BCUT2D eigenvalue weighted by molar-refractivity contribution is -0.201. The molecule has 10 atom stereocenters. The first-order valence-corrected chi connectivity index (χ1v) is 19.8. The molecule has 0 spiro atoms. The summed E-state index contributed by atoms with van der Waals surface area (Å²) in [6.45, 7) is 19.8. The third-order valence-electron chi connectivity index (χ3n) is 15.8. The summed E-state index contributed by atoms with van der Waals surface area (Å²) in [7, 11) is 3.31. The Hall–Kier alpha value is -2.30. The first-order valence-electron chi connectivity index (χ1n) is 19.8. The van der Waals surface area contributed by atoms with Gasteiger partial charge in [-0.05, 0) is 117 Å². The summed E-state index contributed by atoms with van der Waals surface area (Å²) in [4.78, 5) is 55.7. The Morgan fingerprint density at radius 3 is 2.17 bits per heavy atom. The van der Waals surface area contributed by atoms with Crippen LogP contribution in [0.15, 0.2) is 11.6 Å². The van der Waals surface area contributed by atoms with Crippen LogP contribution in [0.5, 0.6) is 0 Å². The molecule has 52 heavy (non-hydrogen) atoms. The van der Waals surface area contributed by atoms with Gasteiger partial charge in [0.25, 0.3) is 5.91 Å². The van der Waals surface area contributed by atoms with Crippen molar-refractivity contribution in [3.05, 3.63) is 11.6 Å². The average Bonchev–Trinajstić information content (AvgIpc) is 3.06. The molecule has 0 bridgehead atoms. The van der Waals surface area contributed by atoms with Crippen molar-refractivity contribution in [2.24, 2.45) is 56.2 Å². The Labute approximate surface area is 312 Å². The van der Waals surface area contributed by atoms with Gasteiger partial charge in [-0.2, -0.15) is 0 Å². The maximum absolute atomic E-state index is 14.7. The zero-order valence-corrected chi connectivity index (χ0v) is 33.7. The summed E-state index contributed by atoms with van der Waals surface area (Å²) in [6.07, 6.45) is 8.35. The van der Waals surface area contributed by atoms with Crippen LogP contribution in [0.4, 0.5) is 0 Å². The third kappa shape index (κ3) is 6.80. The van der Waals surface area contributed by atoms with Crippen LogP contribution in [0.1, 0.15) is 113 Å². The number of ether oxygens (including phenoxy) is 4. The van der Waals surface area contributed by atoms with Crippen molar-refractivity contribution in [3.63, 3.8) is 0 Å². The fourth-order valence-corrected chi connectivity index (χ4v) is 12.2. The number of rotatable bonds is 13. The highest BCUT2D eigenvalue weighted by atomic mass is 16.6. The number of carboxylic acids is 1. The SMILES string of the molecule is COCCOCCOCCN(C)C(=O)C(C)OC(=O)[C@H]1CC[C@]2(C)[C@H]3C(=O)C=C4[C@@H]5C[C@@](C)(C(=O)O)CC[C@]5(C)CC[C@@]4(C)[C@]3(C)CC[C@H]2C1(C)C. The number of carbonyl (C=O) groups is 4. The molecule has 0 aromatic rings. The van der Waals surface area contributed by atoms with E-state index < -0.39 is 22.9 Å². The third-order valence-corrected chi connectivity index (χ3v) is 15.8. The van der Waals surface area contributed by atoms with Gasteiger partial charge in [0.05, 0.1) is 44.4 Å². The first-order chi connectivity index (χ1) is 24.2. The van der Waals surface area contributed by atoms with E-state index in [1.807, 2.05) is 13.0 Å². The van der Waals surface area contributed by atoms with E-state index in [9.17, 15) is 24.3 Å². The molecule has 1 unspecified atom stereocenters. The first kappa shape index (κ1) is 40.9. The normalized spacial score (nSPS) is 39.9. The van der Waals surface area contributed by atoms with E-state index in [-0.39, 0.29) is 63.0 Å². The van der Waals surface area contributed by atoms with Crippen molar-refractivity contribution in [1.29, 1.82) is 0 Å². The number of ketones is 1. The smallest absolute Gasteiger partial charge is 0.310 e. The van der Waals surface area contributed by atoms with Crippen molar-refractivity contribution < 1.29 is 43.2 Å². The highest BCUT2D eigenvalue weighted by Crippen LogP contribution is 2.75. The number of esters is 1. The number of carbonyl (C=O) groups excluding carboxylic acids is 3. The van der Waals surface area contributed by atoms with Crippen LogP contribution >= 0.6 is 0 Å². The predicted octanol–water partition coefficient (Wildman–Crippen LogP) is 6.74. The van der Waals surface area contributed by atoms with Gasteiger partial charge in [0.1, 0.15) is 0 Å². The van der Waals surface area contributed by atoms with E-state index in [2.05, 4.69) is 41.5 Å². The second kappa shape index (κ2) is 14.7. The second-order valence-corrected chi connectivity index (χ2v) is 19.0. The molecule has 0 heterocycles. The monoisotopic (exact) mass is 729 g/mol. The molecular formula is C42H67NO9. The Balaban J connectivity index is 1.28. The molecule has 0 radical (unpaired) electrons. The van der Waals surface area contributed by atoms with Gasteiger partial charge in [0.2, 0.25) is 0 Å². The Kier molecular flexibility index (Phi) is 11.6. The van der Waals surface area contributed by atoms with Gasteiger partial charge in [0, 0.05) is 26.6 Å². The molecule has 1 N–H and O–H groups in total. The van der Waals surface area contributed by atoms with Gasteiger partial charge in [-0.15, -0.1) is 0 Å². The Bertz CT molecular complexity index is 1430. The fourth-order valence-electron chi connectivity index (χ4n) is 12.2. The van der Waals surface area contributed by atoms with E-state index in [4.69, 9.17) is 18.9 Å². The minimum absolute atomic E-state index is 0.00583. The maximum atomic E-state index is 14.7. The number of carboxylic acid groups (broad SMARTS) is 1. The number of hydrogen-bond acceptors (Lipinski definition) is 8. The number of aliphatic carboxylic acids is 1. The molecule has 5 aliphatic carbocycles. The van der Waals surface area contributed by atoms with E-state index in [0.717, 1.165) is 38.5 Å². The van der Waals surface area contributed by atoms with Crippen LogP contribution in [0.2, 0.25) is 0 Å². The maximum Gasteiger partial charge on any atom is 0.310 e. The number of hydrogen-bond donors (Lipinski definition) is 1. The number of nitrogens with zero attached hydrogens (tertiary/aromatic N) is 1. The van der Waals surface area contributed by atoms with Crippen molar-refractivity contribution in [3.8, 4) is 0 Å². The van der Waals surface area contributed by atoms with Gasteiger partial charge in [-0.3, -0.25) is 19.2 Å². The molecule has 4 saturated carbocycles. The molecule has 5 aliphatic rings. The summed E-state index contributed by atoms with van der Waals surface area (Å²) in [5, 5.41) is 10.2. The number of amides is 1. The summed E-state index contributed by atoms with van der Waals surface area (Å²) < 4.78 is 21.9. The van der Waals surface area contributed by atoms with Crippen LogP contribution < -0.4 is 0 Å². The van der Waals surface area contributed by atoms with Crippen molar-refractivity contribution >= 4 is 23.6 Å². The van der Waals surface area contributed by atoms with Gasteiger partial charge >= 0.3 is 11.9 Å². The second-order valence-electron chi connectivity index (χ2n) is 19.0. The largest absolute Gasteiger partial charge is 0.481 e. The molecule has 0 aromatic heterocycles. The highest BCUT2D eigenvalue weighted by molar-refractivity contribution is 5.96. The van der Waals surface area contributed by atoms with E-state index >= 15 is 0 Å². The van der Waals surface area contributed by atoms with Crippen LogP contribution in [-0.4, -0.2) is 93.5 Å². The van der Waals surface area contributed by atoms with Crippen LogP contribution in [0.25, 0.3) is 0 Å². The standard InChI is InChI=1S/C42H67NO9/c1-27(34(45)43(9)19-20-50-23-24-51-22-21-49-10)52-35(46)28-11-13-40(6)32(37(28,2)3)12-14-42(8)33(40)31(44)25-29-30-26-39(5,36(47)48)16-15-38(30,4)17-18-41(29,42)7/h25,27-28,30,32-33H,11-24,26H2,1-10H3,(H,47,48)/t27?,28-,30+,32+,33-,38-,39+,40+,41-,42-/m1/s1. The lowest BCUT2D eigenvalue weighted by Crippen LogP contribution is -2.66. The number of fused-ring (bicyclic) bond motifs is 7. The van der Waals surface area contributed by atoms with E-state index in [1.54, 1.807) is 21.1 Å². The van der Waals surface area contributed by atoms with Gasteiger partial charge in [0.15, 0.2) is 11.9 Å². The topological polar surface area (TPSA) is 129 Å². The molecule has 5 rings (SSSR count). The summed E-state index contributed by atoms with van der Waals surface area (Å²) >= 11 is 0. The molecule has 294 valence electrons. The Morgan fingerprint density at radius 1 is 0.885 bits per heavy atom. The molecule has 0 aromatic carbocycles. The van der Waals surface area contributed by atoms with Crippen LogP contribution in [-0.2, 0) is 38.1 Å². The molecule has 0 aliphatic heterocycles.